The number of rotatable bonds is 7. The third kappa shape index (κ3) is 4.83. The van der Waals surface area contributed by atoms with Gasteiger partial charge in [0.05, 0.1) is 18.1 Å². The summed E-state index contributed by atoms with van der Waals surface area (Å²) in [7, 11) is -1.28. The zero-order valence-electron chi connectivity index (χ0n) is 10.5. The van der Waals surface area contributed by atoms with Crippen molar-refractivity contribution in [1.29, 1.82) is 0 Å². The van der Waals surface area contributed by atoms with Gasteiger partial charge in [-0.05, 0) is 13.3 Å². The van der Waals surface area contributed by atoms with Crippen LogP contribution in [0.3, 0.4) is 0 Å². The molecule has 18 heavy (non-hydrogen) atoms. The molecule has 6 heteroatoms. The molecular weight excluding hydrogens is 254 g/mol. The maximum atomic E-state index is 11.6. The van der Waals surface area contributed by atoms with Crippen LogP contribution in [0.5, 0.6) is 5.75 Å². The third-order valence-corrected chi connectivity index (χ3v) is 3.44. The van der Waals surface area contributed by atoms with Crippen LogP contribution < -0.4 is 10.2 Å². The minimum absolute atomic E-state index is 0.0100. The Hall–Kier alpha value is -1.43. The average Bonchev–Trinajstić information content (AvgIpc) is 2.26. The standard InChI is InChI=1S/C12H17NO4S/c1-3-4-17-12-6-13-10(5-11(12)15)8-18(16)7-9(2)14/h5-6H,3-4,7-8H2,1-2H3,(H,13,15). The zero-order chi connectivity index (χ0) is 13.5. The second-order valence-electron chi connectivity index (χ2n) is 3.97. The first-order chi connectivity index (χ1) is 8.52. The van der Waals surface area contributed by atoms with Gasteiger partial charge < -0.3 is 9.72 Å². The molecule has 0 aliphatic heterocycles. The van der Waals surface area contributed by atoms with Crippen molar-refractivity contribution >= 4 is 16.6 Å². The number of aromatic nitrogens is 1. The molecule has 0 saturated heterocycles. The normalized spacial score (nSPS) is 12.1. The van der Waals surface area contributed by atoms with Gasteiger partial charge >= 0.3 is 0 Å². The monoisotopic (exact) mass is 271 g/mol. The predicted octanol–water partition coefficient (Wildman–Crippen LogP) is 1.00. The maximum absolute atomic E-state index is 11.6. The van der Waals surface area contributed by atoms with Gasteiger partial charge in [-0.15, -0.1) is 0 Å². The van der Waals surface area contributed by atoms with E-state index < -0.39 is 10.8 Å². The third-order valence-electron chi connectivity index (χ3n) is 2.08. The molecule has 1 rings (SSSR count). The summed E-state index contributed by atoms with van der Waals surface area (Å²) in [5, 5.41) is 0. The van der Waals surface area contributed by atoms with Crippen LogP contribution in [0, 0.1) is 0 Å². The summed E-state index contributed by atoms with van der Waals surface area (Å²) >= 11 is 0. The molecule has 0 amide bonds. The smallest absolute Gasteiger partial charge is 0.223 e. The van der Waals surface area contributed by atoms with Crippen LogP contribution in [-0.4, -0.2) is 27.3 Å². The first kappa shape index (κ1) is 14.6. The Labute approximate surface area is 108 Å². The number of aromatic amines is 1. The van der Waals surface area contributed by atoms with Gasteiger partial charge in [-0.2, -0.15) is 0 Å². The number of carbonyl (C=O) groups is 1. The molecule has 0 bridgehead atoms. The van der Waals surface area contributed by atoms with Crippen molar-refractivity contribution in [3.05, 3.63) is 28.2 Å². The predicted molar refractivity (Wildman–Crippen MR) is 70.2 cm³/mol. The van der Waals surface area contributed by atoms with E-state index in [1.165, 1.54) is 19.2 Å². The fraction of sp³-hybridized carbons (Fsp3) is 0.500. The van der Waals surface area contributed by atoms with E-state index in [4.69, 9.17) is 4.74 Å². The molecular formula is C12H17NO4S. The summed E-state index contributed by atoms with van der Waals surface area (Å²) in [6, 6.07) is 1.36. The van der Waals surface area contributed by atoms with Crippen LogP contribution in [0.4, 0.5) is 0 Å². The van der Waals surface area contributed by atoms with Crippen LogP contribution in [0.25, 0.3) is 0 Å². The van der Waals surface area contributed by atoms with Crippen molar-refractivity contribution in [3.63, 3.8) is 0 Å². The summed E-state index contributed by atoms with van der Waals surface area (Å²) in [5.74, 6) is 0.315. The van der Waals surface area contributed by atoms with Gasteiger partial charge in [0.1, 0.15) is 5.78 Å². The van der Waals surface area contributed by atoms with E-state index in [1.807, 2.05) is 6.92 Å². The second kappa shape index (κ2) is 7.10. The molecule has 1 aromatic rings. The van der Waals surface area contributed by atoms with E-state index in [1.54, 1.807) is 0 Å². The van der Waals surface area contributed by atoms with Gasteiger partial charge in [0.25, 0.3) is 0 Å². The number of ether oxygens (including phenoxy) is 1. The fourth-order valence-corrected chi connectivity index (χ4v) is 2.43. The van der Waals surface area contributed by atoms with Gasteiger partial charge in [0, 0.05) is 28.8 Å². The van der Waals surface area contributed by atoms with E-state index in [0.717, 1.165) is 6.42 Å². The van der Waals surface area contributed by atoms with Crippen LogP contribution in [-0.2, 0) is 21.3 Å². The number of nitrogens with one attached hydrogen (secondary N) is 1. The molecule has 1 aromatic heterocycles. The molecule has 1 unspecified atom stereocenters. The minimum atomic E-state index is -1.28. The molecule has 0 fully saturated rings. The average molecular weight is 271 g/mol. The molecule has 1 heterocycles. The number of ketones is 1. The van der Waals surface area contributed by atoms with E-state index in [9.17, 15) is 13.8 Å². The number of hydrogen-bond donors (Lipinski definition) is 1. The first-order valence-electron chi connectivity index (χ1n) is 5.71. The van der Waals surface area contributed by atoms with Gasteiger partial charge in [-0.3, -0.25) is 13.8 Å². The van der Waals surface area contributed by atoms with E-state index in [2.05, 4.69) is 4.98 Å². The molecule has 1 atom stereocenters. The van der Waals surface area contributed by atoms with Crippen molar-refractivity contribution in [2.45, 2.75) is 26.0 Å². The van der Waals surface area contributed by atoms with Crippen molar-refractivity contribution in [2.75, 3.05) is 12.4 Å². The van der Waals surface area contributed by atoms with Crippen molar-refractivity contribution in [2.24, 2.45) is 0 Å². The molecule has 100 valence electrons. The van der Waals surface area contributed by atoms with Crippen LogP contribution >= 0.6 is 0 Å². The van der Waals surface area contributed by atoms with Gasteiger partial charge in [0.15, 0.2) is 5.75 Å². The molecule has 1 N–H and O–H groups in total. The highest BCUT2D eigenvalue weighted by Crippen LogP contribution is 2.04. The molecule has 0 saturated carbocycles. The van der Waals surface area contributed by atoms with Crippen LogP contribution in [0.2, 0.25) is 0 Å². The SMILES string of the molecule is CCCOc1c[nH]c(CS(=O)CC(C)=O)cc1=O. The van der Waals surface area contributed by atoms with Gasteiger partial charge in [-0.1, -0.05) is 6.92 Å². The molecule has 0 aliphatic rings. The maximum Gasteiger partial charge on any atom is 0.223 e. The number of carbonyl (C=O) groups excluding carboxylic acids is 1. The van der Waals surface area contributed by atoms with E-state index >= 15 is 0 Å². The summed E-state index contributed by atoms with van der Waals surface area (Å²) in [6.45, 7) is 3.83. The Morgan fingerprint density at radius 2 is 2.22 bits per heavy atom. The highest BCUT2D eigenvalue weighted by atomic mass is 32.2. The van der Waals surface area contributed by atoms with E-state index in [0.29, 0.717) is 12.3 Å². The van der Waals surface area contributed by atoms with Crippen molar-refractivity contribution in [3.8, 4) is 5.75 Å². The Balaban J connectivity index is 2.69. The van der Waals surface area contributed by atoms with Crippen LogP contribution in [0.15, 0.2) is 17.1 Å². The Kier molecular flexibility index (Phi) is 5.77. The largest absolute Gasteiger partial charge is 0.488 e. The first-order valence-corrected chi connectivity index (χ1v) is 7.20. The second-order valence-corrected chi connectivity index (χ2v) is 5.42. The lowest BCUT2D eigenvalue weighted by Gasteiger charge is -2.05. The Morgan fingerprint density at radius 3 is 2.78 bits per heavy atom. The lowest BCUT2D eigenvalue weighted by Crippen LogP contribution is -2.13. The number of H-pyrrole nitrogens is 1. The summed E-state index contributed by atoms with van der Waals surface area (Å²) < 4.78 is 16.8. The minimum Gasteiger partial charge on any atom is -0.488 e. The summed E-state index contributed by atoms with van der Waals surface area (Å²) in [6.07, 6.45) is 2.29. The topological polar surface area (TPSA) is 76.2 Å². The Bertz CT molecular complexity index is 495. The van der Waals surface area contributed by atoms with Gasteiger partial charge in [0.2, 0.25) is 5.43 Å². The van der Waals surface area contributed by atoms with Crippen LogP contribution in [0.1, 0.15) is 26.0 Å². The van der Waals surface area contributed by atoms with Crippen molar-refractivity contribution < 1.29 is 13.7 Å². The zero-order valence-corrected chi connectivity index (χ0v) is 11.3. The number of Topliss-reactive ketones (excluding diaryl/α,β-unsaturated/α-hetero) is 1. The quantitative estimate of drug-likeness (QED) is 0.802. The molecule has 0 aromatic carbocycles. The lowest BCUT2D eigenvalue weighted by atomic mass is 10.3. The molecule has 0 aliphatic carbocycles. The lowest BCUT2D eigenvalue weighted by molar-refractivity contribution is -0.114. The van der Waals surface area contributed by atoms with Crippen molar-refractivity contribution in [1.82, 2.24) is 4.98 Å². The highest BCUT2D eigenvalue weighted by molar-refractivity contribution is 7.84. The fourth-order valence-electron chi connectivity index (χ4n) is 1.36. The summed E-state index contributed by atoms with van der Waals surface area (Å²) in [5.41, 5.74) is 0.306. The highest BCUT2D eigenvalue weighted by Gasteiger charge is 2.07. The number of pyridine rings is 1. The number of hydrogen-bond acceptors (Lipinski definition) is 4. The van der Waals surface area contributed by atoms with Gasteiger partial charge in [-0.25, -0.2) is 0 Å². The van der Waals surface area contributed by atoms with E-state index in [-0.39, 0.29) is 28.5 Å². The molecule has 5 nitrogen and oxygen atoms in total. The molecule has 0 radical (unpaired) electrons. The molecule has 0 spiro atoms. The Morgan fingerprint density at radius 1 is 1.50 bits per heavy atom. The summed E-state index contributed by atoms with van der Waals surface area (Å²) in [4.78, 5) is 25.3.